The van der Waals surface area contributed by atoms with Crippen molar-refractivity contribution in [2.24, 2.45) is 0 Å². The van der Waals surface area contributed by atoms with E-state index in [-0.39, 0.29) is 16.8 Å². The van der Waals surface area contributed by atoms with Gasteiger partial charge in [-0.2, -0.15) is 0 Å². The average Bonchev–Trinajstić information content (AvgIpc) is 2.04. The molecule has 1 rings (SSSR count). The molecule has 0 amide bonds. The Balaban J connectivity index is 3.10. The SMILES string of the molecule is COc1cnc(C(C)=O)nc1Cl. The third-order valence-corrected chi connectivity index (χ3v) is 1.52. The number of Topliss-reactive ketones (excluding diaryl/α,β-unsaturated/α-hetero) is 1. The Morgan fingerprint density at radius 2 is 2.33 bits per heavy atom. The van der Waals surface area contributed by atoms with Crippen molar-refractivity contribution in [2.75, 3.05) is 7.11 Å². The molecule has 0 saturated heterocycles. The van der Waals surface area contributed by atoms with Gasteiger partial charge in [0.2, 0.25) is 0 Å². The summed E-state index contributed by atoms with van der Waals surface area (Å²) in [6.07, 6.45) is 1.37. The van der Waals surface area contributed by atoms with Crippen LogP contribution in [0.25, 0.3) is 0 Å². The van der Waals surface area contributed by atoms with Gasteiger partial charge in [0.05, 0.1) is 13.3 Å². The molecule has 0 aliphatic heterocycles. The summed E-state index contributed by atoms with van der Waals surface area (Å²) in [7, 11) is 1.46. The van der Waals surface area contributed by atoms with E-state index in [9.17, 15) is 4.79 Å². The van der Waals surface area contributed by atoms with Gasteiger partial charge in [0, 0.05) is 6.92 Å². The number of hydrogen-bond acceptors (Lipinski definition) is 4. The summed E-state index contributed by atoms with van der Waals surface area (Å²) in [5.74, 6) is 0.238. The van der Waals surface area contributed by atoms with Crippen LogP contribution in [0.1, 0.15) is 17.5 Å². The Bertz CT molecular complexity index is 314. The quantitative estimate of drug-likeness (QED) is 0.517. The second-order valence-corrected chi connectivity index (χ2v) is 2.47. The molecule has 1 aromatic heterocycles. The van der Waals surface area contributed by atoms with Crippen molar-refractivity contribution in [3.8, 4) is 5.75 Å². The van der Waals surface area contributed by atoms with Gasteiger partial charge < -0.3 is 4.74 Å². The van der Waals surface area contributed by atoms with Gasteiger partial charge in [0.25, 0.3) is 0 Å². The molecule has 1 aromatic rings. The number of carbonyl (C=O) groups is 1. The summed E-state index contributed by atoms with van der Waals surface area (Å²) in [5, 5.41) is 0.151. The predicted molar refractivity (Wildman–Crippen MR) is 43.6 cm³/mol. The predicted octanol–water partition coefficient (Wildman–Crippen LogP) is 1.34. The number of halogens is 1. The Labute approximate surface area is 74.5 Å². The first-order valence-corrected chi connectivity index (χ1v) is 3.60. The van der Waals surface area contributed by atoms with E-state index in [1.165, 1.54) is 20.2 Å². The maximum Gasteiger partial charge on any atom is 0.197 e. The van der Waals surface area contributed by atoms with Crippen LogP contribution in [-0.2, 0) is 0 Å². The lowest BCUT2D eigenvalue weighted by Gasteiger charge is -2.00. The molecule has 0 radical (unpaired) electrons. The molecule has 0 saturated carbocycles. The van der Waals surface area contributed by atoms with E-state index in [2.05, 4.69) is 9.97 Å². The van der Waals surface area contributed by atoms with Crippen molar-refractivity contribution in [2.45, 2.75) is 6.92 Å². The zero-order chi connectivity index (χ0) is 9.14. The van der Waals surface area contributed by atoms with Crippen LogP contribution in [0.5, 0.6) is 5.75 Å². The number of rotatable bonds is 2. The number of nitrogens with zero attached hydrogens (tertiary/aromatic N) is 2. The first kappa shape index (κ1) is 8.93. The minimum absolute atomic E-state index is 0.0980. The fourth-order valence-electron chi connectivity index (χ4n) is 0.657. The minimum atomic E-state index is -0.223. The maximum atomic E-state index is 10.8. The summed E-state index contributed by atoms with van der Waals surface area (Å²) < 4.78 is 4.81. The van der Waals surface area contributed by atoms with E-state index in [4.69, 9.17) is 16.3 Å². The van der Waals surface area contributed by atoms with Crippen LogP contribution in [0.15, 0.2) is 6.20 Å². The minimum Gasteiger partial charge on any atom is -0.492 e. The molecule has 0 aliphatic rings. The smallest absolute Gasteiger partial charge is 0.197 e. The number of hydrogen-bond donors (Lipinski definition) is 0. The second-order valence-electron chi connectivity index (χ2n) is 2.11. The fraction of sp³-hybridized carbons (Fsp3) is 0.286. The highest BCUT2D eigenvalue weighted by molar-refractivity contribution is 6.30. The zero-order valence-electron chi connectivity index (χ0n) is 6.67. The van der Waals surface area contributed by atoms with Crippen LogP contribution in [0, 0.1) is 0 Å². The maximum absolute atomic E-state index is 10.8. The number of aromatic nitrogens is 2. The van der Waals surface area contributed by atoms with Crippen molar-refractivity contribution in [3.05, 3.63) is 17.2 Å². The average molecular weight is 187 g/mol. The molecule has 0 spiro atoms. The van der Waals surface area contributed by atoms with Crippen LogP contribution in [0.3, 0.4) is 0 Å². The molecule has 12 heavy (non-hydrogen) atoms. The van der Waals surface area contributed by atoms with E-state index < -0.39 is 0 Å². The molecule has 5 heteroatoms. The molecule has 64 valence electrons. The Kier molecular flexibility index (Phi) is 2.60. The lowest BCUT2D eigenvalue weighted by atomic mass is 10.4. The van der Waals surface area contributed by atoms with Gasteiger partial charge in [0.15, 0.2) is 22.5 Å². The van der Waals surface area contributed by atoms with E-state index in [0.29, 0.717) is 5.75 Å². The van der Waals surface area contributed by atoms with Crippen LogP contribution in [0.4, 0.5) is 0 Å². The third-order valence-electron chi connectivity index (χ3n) is 1.25. The summed E-state index contributed by atoms with van der Waals surface area (Å²) in [6.45, 7) is 1.37. The Hall–Kier alpha value is -1.16. The highest BCUT2D eigenvalue weighted by Gasteiger charge is 2.07. The highest BCUT2D eigenvalue weighted by atomic mass is 35.5. The normalized spacial score (nSPS) is 9.58. The largest absolute Gasteiger partial charge is 0.492 e. The lowest BCUT2D eigenvalue weighted by molar-refractivity contribution is 0.100. The van der Waals surface area contributed by atoms with Gasteiger partial charge in [-0.1, -0.05) is 11.6 Å². The summed E-state index contributed by atoms with van der Waals surface area (Å²) >= 11 is 5.65. The van der Waals surface area contributed by atoms with E-state index >= 15 is 0 Å². The molecule has 0 atom stereocenters. The van der Waals surface area contributed by atoms with Crippen molar-refractivity contribution in [3.63, 3.8) is 0 Å². The molecule has 1 heterocycles. The summed E-state index contributed by atoms with van der Waals surface area (Å²) in [5.41, 5.74) is 0. The monoisotopic (exact) mass is 186 g/mol. The van der Waals surface area contributed by atoms with Crippen molar-refractivity contribution < 1.29 is 9.53 Å². The molecule has 0 N–H and O–H groups in total. The van der Waals surface area contributed by atoms with Gasteiger partial charge in [0.1, 0.15) is 0 Å². The molecular weight excluding hydrogens is 180 g/mol. The first-order valence-electron chi connectivity index (χ1n) is 3.22. The van der Waals surface area contributed by atoms with Crippen LogP contribution in [-0.4, -0.2) is 22.9 Å². The van der Waals surface area contributed by atoms with Gasteiger partial charge in [-0.25, -0.2) is 9.97 Å². The Morgan fingerprint density at radius 1 is 1.67 bits per heavy atom. The van der Waals surface area contributed by atoms with Crippen LogP contribution >= 0.6 is 11.6 Å². The van der Waals surface area contributed by atoms with Gasteiger partial charge in [-0.3, -0.25) is 4.79 Å². The molecule has 4 nitrogen and oxygen atoms in total. The van der Waals surface area contributed by atoms with Crippen LogP contribution in [0.2, 0.25) is 5.15 Å². The molecule has 0 bridgehead atoms. The van der Waals surface area contributed by atoms with Crippen molar-refractivity contribution in [1.82, 2.24) is 9.97 Å². The fourth-order valence-corrected chi connectivity index (χ4v) is 0.863. The Morgan fingerprint density at radius 3 is 2.75 bits per heavy atom. The van der Waals surface area contributed by atoms with E-state index in [1.54, 1.807) is 0 Å². The van der Waals surface area contributed by atoms with Crippen LogP contribution < -0.4 is 4.74 Å². The van der Waals surface area contributed by atoms with Gasteiger partial charge in [-0.15, -0.1) is 0 Å². The molecule has 0 fully saturated rings. The molecule has 0 unspecified atom stereocenters. The van der Waals surface area contributed by atoms with Crippen molar-refractivity contribution in [1.29, 1.82) is 0 Å². The van der Waals surface area contributed by atoms with E-state index in [0.717, 1.165) is 0 Å². The summed E-state index contributed by atoms with van der Waals surface area (Å²) in [4.78, 5) is 18.2. The standard InChI is InChI=1S/C7H7ClN2O2/c1-4(11)7-9-3-5(12-2)6(8)10-7/h3H,1-2H3. The van der Waals surface area contributed by atoms with E-state index in [1.807, 2.05) is 0 Å². The second kappa shape index (κ2) is 3.49. The lowest BCUT2D eigenvalue weighted by Crippen LogP contribution is -2.01. The van der Waals surface area contributed by atoms with Gasteiger partial charge >= 0.3 is 0 Å². The zero-order valence-corrected chi connectivity index (χ0v) is 7.42. The van der Waals surface area contributed by atoms with Crippen molar-refractivity contribution >= 4 is 17.4 Å². The number of ether oxygens (including phenoxy) is 1. The molecule has 0 aromatic carbocycles. The molecular formula is C7H7ClN2O2. The number of carbonyl (C=O) groups excluding carboxylic acids is 1. The molecule has 0 aliphatic carbocycles. The first-order chi connectivity index (χ1) is 5.65. The number of ketones is 1. The summed E-state index contributed by atoms with van der Waals surface area (Å²) in [6, 6.07) is 0. The third kappa shape index (κ3) is 1.71. The highest BCUT2D eigenvalue weighted by Crippen LogP contribution is 2.19. The number of methoxy groups -OCH3 is 1. The topological polar surface area (TPSA) is 52.1 Å². The van der Waals surface area contributed by atoms with Gasteiger partial charge in [-0.05, 0) is 0 Å².